The number of hydrogen-bond donors (Lipinski definition) is 1. The highest BCUT2D eigenvalue weighted by Crippen LogP contribution is 2.19. The molecule has 0 bridgehead atoms. The van der Waals surface area contributed by atoms with E-state index in [1.165, 1.54) is 0 Å². The molecule has 4 heteroatoms. The van der Waals surface area contributed by atoms with Gasteiger partial charge in [0.2, 0.25) is 5.91 Å². The Kier molecular flexibility index (Phi) is 4.97. The number of carbonyl (C=O) groups excluding carboxylic acids is 1. The third kappa shape index (κ3) is 3.75. The zero-order chi connectivity index (χ0) is 12.8. The van der Waals surface area contributed by atoms with Crippen LogP contribution in [0.1, 0.15) is 17.5 Å². The minimum Gasteiger partial charge on any atom is -0.496 e. The van der Waals surface area contributed by atoms with Crippen LogP contribution in [0.25, 0.3) is 0 Å². The topological polar surface area (TPSA) is 49.8 Å². The molecule has 0 spiro atoms. The van der Waals surface area contributed by atoms with Gasteiger partial charge in [-0.1, -0.05) is 12.1 Å². The Morgan fingerprint density at radius 3 is 2.71 bits per heavy atom. The summed E-state index contributed by atoms with van der Waals surface area (Å²) in [4.78, 5) is 13.1. The van der Waals surface area contributed by atoms with Crippen LogP contribution in [0.4, 0.5) is 0 Å². The van der Waals surface area contributed by atoms with Crippen molar-refractivity contribution in [3.05, 3.63) is 29.3 Å². The van der Waals surface area contributed by atoms with Gasteiger partial charge in [-0.05, 0) is 24.1 Å². The maximum absolute atomic E-state index is 11.5. The number of ether oxygens (including phenoxy) is 1. The van der Waals surface area contributed by atoms with Crippen molar-refractivity contribution >= 4 is 5.91 Å². The van der Waals surface area contributed by atoms with E-state index >= 15 is 0 Å². The van der Waals surface area contributed by atoms with Gasteiger partial charge in [0.25, 0.3) is 0 Å². The minimum atomic E-state index is -0.106. The van der Waals surface area contributed by atoms with Crippen LogP contribution in [0, 0.1) is 6.92 Å². The fourth-order valence-electron chi connectivity index (χ4n) is 1.69. The van der Waals surface area contributed by atoms with Crippen molar-refractivity contribution in [1.82, 2.24) is 4.90 Å². The first kappa shape index (κ1) is 13.5. The molecule has 1 N–H and O–H groups in total. The fraction of sp³-hybridized carbons (Fsp3) is 0.462. The molecule has 0 aliphatic heterocycles. The van der Waals surface area contributed by atoms with Crippen LogP contribution in [-0.4, -0.2) is 36.7 Å². The number of rotatable bonds is 5. The van der Waals surface area contributed by atoms with Crippen molar-refractivity contribution in [1.29, 1.82) is 0 Å². The molecule has 0 atom stereocenters. The quantitative estimate of drug-likeness (QED) is 0.841. The Labute approximate surface area is 102 Å². The second-order valence-corrected chi connectivity index (χ2v) is 4.03. The molecule has 1 aromatic rings. The van der Waals surface area contributed by atoms with E-state index in [4.69, 9.17) is 9.84 Å². The van der Waals surface area contributed by atoms with Gasteiger partial charge in [0.05, 0.1) is 13.7 Å². The summed E-state index contributed by atoms with van der Waals surface area (Å²) < 4.78 is 5.18. The third-order valence-corrected chi connectivity index (χ3v) is 2.63. The van der Waals surface area contributed by atoms with Crippen LogP contribution < -0.4 is 4.74 Å². The first-order chi connectivity index (χ1) is 8.08. The maximum atomic E-state index is 11.5. The van der Waals surface area contributed by atoms with Gasteiger partial charge < -0.3 is 14.7 Å². The molecule has 1 aromatic carbocycles. The summed E-state index contributed by atoms with van der Waals surface area (Å²) in [5.74, 6) is 0.791. The smallest absolute Gasteiger partial charge is 0.224 e. The normalized spacial score (nSPS) is 10.1. The number of amides is 1. The summed E-state index contributed by atoms with van der Waals surface area (Å²) in [6.07, 6.45) is 0.172. The van der Waals surface area contributed by atoms with E-state index in [1.807, 2.05) is 25.1 Å². The second-order valence-electron chi connectivity index (χ2n) is 4.03. The molecular formula is C13H19NO3. The summed E-state index contributed by atoms with van der Waals surface area (Å²) in [5.41, 5.74) is 2.10. The molecule has 0 heterocycles. The van der Waals surface area contributed by atoms with E-state index in [0.717, 1.165) is 16.9 Å². The predicted octanol–water partition coefficient (Wildman–Crippen LogP) is 1.34. The third-order valence-electron chi connectivity index (χ3n) is 2.63. The first-order valence-corrected chi connectivity index (χ1v) is 5.56. The molecule has 0 unspecified atom stereocenters. The molecular weight excluding hydrogens is 218 g/mol. The van der Waals surface area contributed by atoms with Crippen LogP contribution in [0.3, 0.4) is 0 Å². The molecule has 4 nitrogen and oxygen atoms in total. The number of nitrogens with zero attached hydrogens (tertiary/aromatic N) is 1. The van der Waals surface area contributed by atoms with Gasteiger partial charge in [0.15, 0.2) is 0 Å². The van der Waals surface area contributed by atoms with Gasteiger partial charge in [-0.2, -0.15) is 0 Å². The van der Waals surface area contributed by atoms with Crippen molar-refractivity contribution < 1.29 is 14.6 Å². The summed E-state index contributed by atoms with van der Waals surface area (Å²) in [5, 5.41) is 8.70. The lowest BCUT2D eigenvalue weighted by atomic mass is 10.1. The summed E-state index contributed by atoms with van der Waals surface area (Å²) in [6, 6.07) is 5.84. The monoisotopic (exact) mass is 237 g/mol. The van der Waals surface area contributed by atoms with Crippen molar-refractivity contribution in [2.45, 2.75) is 19.9 Å². The van der Waals surface area contributed by atoms with Gasteiger partial charge in [-0.25, -0.2) is 0 Å². The maximum Gasteiger partial charge on any atom is 0.224 e. The van der Waals surface area contributed by atoms with Crippen LogP contribution in [0.2, 0.25) is 0 Å². The van der Waals surface area contributed by atoms with E-state index in [-0.39, 0.29) is 18.9 Å². The van der Waals surface area contributed by atoms with E-state index in [9.17, 15) is 4.79 Å². The molecule has 1 amide bonds. The minimum absolute atomic E-state index is 0.0547. The zero-order valence-corrected chi connectivity index (χ0v) is 10.6. The van der Waals surface area contributed by atoms with Gasteiger partial charge >= 0.3 is 0 Å². The van der Waals surface area contributed by atoms with E-state index in [2.05, 4.69) is 0 Å². The zero-order valence-electron chi connectivity index (χ0n) is 10.6. The van der Waals surface area contributed by atoms with Crippen molar-refractivity contribution in [3.8, 4) is 5.75 Å². The lowest BCUT2D eigenvalue weighted by molar-refractivity contribution is -0.131. The lowest BCUT2D eigenvalue weighted by Crippen LogP contribution is -2.26. The van der Waals surface area contributed by atoms with Crippen LogP contribution in [0.15, 0.2) is 18.2 Å². The second kappa shape index (κ2) is 6.25. The number of aliphatic hydroxyl groups is 1. The molecule has 0 aromatic heterocycles. The first-order valence-electron chi connectivity index (χ1n) is 5.56. The molecule has 0 aliphatic carbocycles. The number of aliphatic hydroxyl groups excluding tert-OH is 1. The molecule has 94 valence electrons. The summed E-state index contributed by atoms with van der Waals surface area (Å²) in [7, 11) is 3.37. The number of hydrogen-bond acceptors (Lipinski definition) is 3. The highest BCUT2D eigenvalue weighted by molar-refractivity contribution is 5.75. The number of benzene rings is 1. The molecule has 0 fully saturated rings. The highest BCUT2D eigenvalue weighted by atomic mass is 16.5. The largest absolute Gasteiger partial charge is 0.496 e. The van der Waals surface area contributed by atoms with E-state index in [1.54, 1.807) is 19.1 Å². The lowest BCUT2D eigenvalue weighted by Gasteiger charge is -2.17. The van der Waals surface area contributed by atoms with E-state index in [0.29, 0.717) is 6.54 Å². The molecule has 0 radical (unpaired) electrons. The summed E-state index contributed by atoms with van der Waals surface area (Å²) >= 11 is 0. The van der Waals surface area contributed by atoms with Gasteiger partial charge in [0, 0.05) is 20.0 Å². The molecule has 0 saturated heterocycles. The SMILES string of the molecule is COc1ccc(CN(C)C(=O)CCO)cc1C. The number of aryl methyl sites for hydroxylation is 1. The average molecular weight is 237 g/mol. The standard InChI is InChI=1S/C13H19NO3/c1-10-8-11(4-5-12(10)17-3)9-14(2)13(16)6-7-15/h4-5,8,15H,6-7,9H2,1-3H3. The molecule has 17 heavy (non-hydrogen) atoms. The number of methoxy groups -OCH3 is 1. The average Bonchev–Trinajstić information content (AvgIpc) is 2.29. The van der Waals surface area contributed by atoms with Crippen LogP contribution in [-0.2, 0) is 11.3 Å². The molecule has 1 rings (SSSR count). The fourth-order valence-corrected chi connectivity index (χ4v) is 1.69. The molecule has 0 saturated carbocycles. The Balaban J connectivity index is 2.68. The van der Waals surface area contributed by atoms with E-state index < -0.39 is 0 Å². The van der Waals surface area contributed by atoms with Crippen molar-refractivity contribution in [2.24, 2.45) is 0 Å². The van der Waals surface area contributed by atoms with Crippen molar-refractivity contribution in [3.63, 3.8) is 0 Å². The Morgan fingerprint density at radius 2 is 2.18 bits per heavy atom. The van der Waals surface area contributed by atoms with Gasteiger partial charge in [-0.15, -0.1) is 0 Å². The molecule has 0 aliphatic rings. The highest BCUT2D eigenvalue weighted by Gasteiger charge is 2.09. The van der Waals surface area contributed by atoms with Gasteiger partial charge in [0.1, 0.15) is 5.75 Å². The Morgan fingerprint density at radius 1 is 1.47 bits per heavy atom. The Bertz CT molecular complexity index is 390. The van der Waals surface area contributed by atoms with Crippen LogP contribution in [0.5, 0.6) is 5.75 Å². The number of carbonyl (C=O) groups is 1. The Hall–Kier alpha value is -1.55. The summed E-state index contributed by atoms with van der Waals surface area (Å²) in [6.45, 7) is 2.41. The predicted molar refractivity (Wildman–Crippen MR) is 65.9 cm³/mol. The van der Waals surface area contributed by atoms with Crippen LogP contribution >= 0.6 is 0 Å². The van der Waals surface area contributed by atoms with Crippen molar-refractivity contribution in [2.75, 3.05) is 20.8 Å². The van der Waals surface area contributed by atoms with Gasteiger partial charge in [-0.3, -0.25) is 4.79 Å².